The molecule has 0 aromatic rings. The Bertz CT molecular complexity index is 283. The lowest BCUT2D eigenvalue weighted by molar-refractivity contribution is -0.120. The van der Waals surface area contributed by atoms with E-state index in [9.17, 15) is 9.59 Å². The van der Waals surface area contributed by atoms with Crippen LogP contribution < -0.4 is 5.32 Å². The lowest BCUT2D eigenvalue weighted by atomic mass is 10.1. The summed E-state index contributed by atoms with van der Waals surface area (Å²) < 4.78 is 0. The van der Waals surface area contributed by atoms with Crippen LogP contribution in [-0.2, 0) is 4.79 Å². The number of carboxylic acid groups (broad SMARTS) is 1. The van der Waals surface area contributed by atoms with Gasteiger partial charge in [-0.1, -0.05) is 45.4 Å². The number of carbonyl (C=O) groups is 2. The summed E-state index contributed by atoms with van der Waals surface area (Å²) >= 11 is 0. The molecule has 2 N–H and O–H groups in total. The molecule has 5 nitrogen and oxygen atoms in total. The van der Waals surface area contributed by atoms with Crippen molar-refractivity contribution in [3.63, 3.8) is 0 Å². The van der Waals surface area contributed by atoms with Crippen LogP contribution in [0.15, 0.2) is 0 Å². The first kappa shape index (κ1) is 19.7. The second-order valence-electron chi connectivity index (χ2n) is 5.52. The van der Waals surface area contributed by atoms with Crippen LogP contribution in [0.2, 0.25) is 0 Å². The predicted molar refractivity (Wildman–Crippen MR) is 85.5 cm³/mol. The Morgan fingerprint density at radius 1 is 0.905 bits per heavy atom. The molecule has 0 unspecified atom stereocenters. The Balaban J connectivity index is 3.56. The van der Waals surface area contributed by atoms with Gasteiger partial charge in [0.15, 0.2) is 0 Å². The summed E-state index contributed by atoms with van der Waals surface area (Å²) in [4.78, 5) is 23.7. The number of amides is 2. The number of hydrogen-bond acceptors (Lipinski definition) is 2. The average molecular weight is 300 g/mol. The maximum absolute atomic E-state index is 11.1. The van der Waals surface area contributed by atoms with Crippen molar-refractivity contribution in [3.05, 3.63) is 0 Å². The molecule has 0 saturated heterocycles. The molecule has 0 rings (SSSR count). The van der Waals surface area contributed by atoms with Crippen molar-refractivity contribution in [1.29, 1.82) is 0 Å². The first-order valence-electron chi connectivity index (χ1n) is 8.30. The van der Waals surface area contributed by atoms with Gasteiger partial charge in [-0.05, 0) is 19.3 Å². The Hall–Kier alpha value is -1.26. The van der Waals surface area contributed by atoms with E-state index in [0.717, 1.165) is 44.9 Å². The van der Waals surface area contributed by atoms with Crippen LogP contribution in [0.3, 0.4) is 0 Å². The van der Waals surface area contributed by atoms with E-state index in [1.165, 1.54) is 12.8 Å². The molecule has 124 valence electrons. The second-order valence-corrected chi connectivity index (χ2v) is 5.52. The monoisotopic (exact) mass is 300 g/mol. The molecule has 2 amide bonds. The minimum absolute atomic E-state index is 0.0964. The summed E-state index contributed by atoms with van der Waals surface area (Å²) in [6.45, 7) is 3.45. The molecule has 5 heteroatoms. The predicted octanol–water partition coefficient (Wildman–Crippen LogP) is 3.63. The standard InChI is InChI=1S/C16H32N2O3/c1-3-4-5-10-13-18(16(20)21)14-11-8-6-7-9-12-15(19)17-2/h3-14H2,1-2H3,(H,17,19)(H,20,21). The molecule has 0 aromatic heterocycles. The summed E-state index contributed by atoms with van der Waals surface area (Å²) in [6, 6.07) is 0. The summed E-state index contributed by atoms with van der Waals surface area (Å²) in [7, 11) is 1.66. The highest BCUT2D eigenvalue weighted by atomic mass is 16.4. The Morgan fingerprint density at radius 2 is 1.43 bits per heavy atom. The summed E-state index contributed by atoms with van der Waals surface area (Å²) in [5.74, 6) is 0.0964. The van der Waals surface area contributed by atoms with E-state index in [4.69, 9.17) is 5.11 Å². The molecule has 0 fully saturated rings. The SMILES string of the molecule is CCCCCCN(CCCCCCCC(=O)NC)C(=O)O. The molecule has 0 aliphatic carbocycles. The van der Waals surface area contributed by atoms with E-state index in [1.54, 1.807) is 11.9 Å². The van der Waals surface area contributed by atoms with Gasteiger partial charge in [-0.3, -0.25) is 4.79 Å². The first-order valence-corrected chi connectivity index (χ1v) is 8.30. The topological polar surface area (TPSA) is 69.6 Å². The van der Waals surface area contributed by atoms with Crippen LogP contribution in [0.25, 0.3) is 0 Å². The molecule has 0 aromatic carbocycles. The van der Waals surface area contributed by atoms with Gasteiger partial charge < -0.3 is 15.3 Å². The van der Waals surface area contributed by atoms with E-state index in [2.05, 4.69) is 12.2 Å². The van der Waals surface area contributed by atoms with E-state index in [1.807, 2.05) is 0 Å². The number of hydrogen-bond donors (Lipinski definition) is 2. The van der Waals surface area contributed by atoms with E-state index in [-0.39, 0.29) is 5.91 Å². The van der Waals surface area contributed by atoms with Crippen molar-refractivity contribution in [2.24, 2.45) is 0 Å². The van der Waals surface area contributed by atoms with Gasteiger partial charge in [-0.25, -0.2) is 4.79 Å². The van der Waals surface area contributed by atoms with Crippen LogP contribution in [0.4, 0.5) is 4.79 Å². The highest BCUT2D eigenvalue weighted by Gasteiger charge is 2.10. The maximum Gasteiger partial charge on any atom is 0.407 e. The zero-order chi connectivity index (χ0) is 15.9. The van der Waals surface area contributed by atoms with Gasteiger partial charge in [0.1, 0.15) is 0 Å². The molecule has 0 radical (unpaired) electrons. The fourth-order valence-electron chi connectivity index (χ4n) is 2.28. The van der Waals surface area contributed by atoms with Crippen molar-refractivity contribution in [2.45, 2.75) is 71.1 Å². The number of nitrogens with one attached hydrogen (secondary N) is 1. The fourth-order valence-corrected chi connectivity index (χ4v) is 2.28. The molecule has 0 saturated carbocycles. The number of rotatable bonds is 13. The van der Waals surface area contributed by atoms with Gasteiger partial charge in [0, 0.05) is 26.6 Å². The van der Waals surface area contributed by atoms with E-state index < -0.39 is 6.09 Å². The smallest absolute Gasteiger partial charge is 0.407 e. The Morgan fingerprint density at radius 3 is 1.95 bits per heavy atom. The molecular weight excluding hydrogens is 268 g/mol. The zero-order valence-electron chi connectivity index (χ0n) is 13.7. The number of unbranched alkanes of at least 4 members (excludes halogenated alkanes) is 7. The third-order valence-electron chi connectivity index (χ3n) is 3.66. The maximum atomic E-state index is 11.1. The van der Waals surface area contributed by atoms with Crippen molar-refractivity contribution in [2.75, 3.05) is 20.1 Å². The van der Waals surface area contributed by atoms with Gasteiger partial charge >= 0.3 is 6.09 Å². The van der Waals surface area contributed by atoms with Gasteiger partial charge in [-0.15, -0.1) is 0 Å². The van der Waals surface area contributed by atoms with Crippen molar-refractivity contribution in [3.8, 4) is 0 Å². The molecular formula is C16H32N2O3. The van der Waals surface area contributed by atoms with Crippen LogP contribution in [-0.4, -0.2) is 42.1 Å². The normalized spacial score (nSPS) is 10.4. The van der Waals surface area contributed by atoms with Crippen LogP contribution in [0.5, 0.6) is 0 Å². The zero-order valence-corrected chi connectivity index (χ0v) is 13.7. The summed E-state index contributed by atoms with van der Waals surface area (Å²) in [5, 5.41) is 11.8. The molecule has 0 bridgehead atoms. The Labute approximate surface area is 129 Å². The fraction of sp³-hybridized carbons (Fsp3) is 0.875. The van der Waals surface area contributed by atoms with Crippen LogP contribution in [0.1, 0.15) is 71.1 Å². The minimum atomic E-state index is -0.800. The Kier molecular flexibility index (Phi) is 12.9. The third-order valence-corrected chi connectivity index (χ3v) is 3.66. The summed E-state index contributed by atoms with van der Waals surface area (Å²) in [5.41, 5.74) is 0. The van der Waals surface area contributed by atoms with Crippen LogP contribution >= 0.6 is 0 Å². The van der Waals surface area contributed by atoms with E-state index >= 15 is 0 Å². The van der Waals surface area contributed by atoms with Crippen molar-refractivity contribution >= 4 is 12.0 Å². The molecule has 0 atom stereocenters. The van der Waals surface area contributed by atoms with Crippen molar-refractivity contribution in [1.82, 2.24) is 10.2 Å². The summed E-state index contributed by atoms with van der Waals surface area (Å²) in [6.07, 6.45) is 9.19. The average Bonchev–Trinajstić information content (AvgIpc) is 2.47. The molecule has 0 aliphatic rings. The molecule has 21 heavy (non-hydrogen) atoms. The third kappa shape index (κ3) is 12.2. The van der Waals surface area contributed by atoms with Gasteiger partial charge in [0.2, 0.25) is 5.91 Å². The largest absolute Gasteiger partial charge is 0.465 e. The van der Waals surface area contributed by atoms with Gasteiger partial charge in [0.25, 0.3) is 0 Å². The lowest BCUT2D eigenvalue weighted by Crippen LogP contribution is -2.31. The highest BCUT2D eigenvalue weighted by Crippen LogP contribution is 2.08. The van der Waals surface area contributed by atoms with Gasteiger partial charge in [0.05, 0.1) is 0 Å². The quantitative estimate of drug-likeness (QED) is 0.510. The molecule has 0 aliphatic heterocycles. The molecule has 0 heterocycles. The van der Waals surface area contributed by atoms with Crippen LogP contribution in [0, 0.1) is 0 Å². The lowest BCUT2D eigenvalue weighted by Gasteiger charge is -2.19. The van der Waals surface area contributed by atoms with Gasteiger partial charge in [-0.2, -0.15) is 0 Å². The molecule has 0 spiro atoms. The number of carbonyl (C=O) groups excluding carboxylic acids is 1. The first-order chi connectivity index (χ1) is 10.1. The van der Waals surface area contributed by atoms with E-state index in [0.29, 0.717) is 19.5 Å². The minimum Gasteiger partial charge on any atom is -0.465 e. The highest BCUT2D eigenvalue weighted by molar-refractivity contribution is 5.75. The second kappa shape index (κ2) is 13.7. The van der Waals surface area contributed by atoms with Crippen molar-refractivity contribution < 1.29 is 14.7 Å². The number of nitrogens with zero attached hydrogens (tertiary/aromatic N) is 1.